The van der Waals surface area contributed by atoms with Crippen LogP contribution in [0.15, 0.2) is 30.3 Å². The second-order valence-corrected chi connectivity index (χ2v) is 5.34. The van der Waals surface area contributed by atoms with Crippen molar-refractivity contribution in [2.75, 3.05) is 12.3 Å². The van der Waals surface area contributed by atoms with Crippen LogP contribution >= 0.6 is 0 Å². The fourth-order valence-corrected chi connectivity index (χ4v) is 2.16. The fraction of sp³-hybridized carbons (Fsp3) is 0.333. The zero-order chi connectivity index (χ0) is 15.4. The van der Waals surface area contributed by atoms with E-state index in [1.165, 1.54) is 5.56 Å². The monoisotopic (exact) mass is 285 g/mol. The Morgan fingerprint density at radius 2 is 1.62 bits per heavy atom. The molecule has 0 aromatic heterocycles. The van der Waals surface area contributed by atoms with Crippen molar-refractivity contribution < 1.29 is 9.47 Å². The van der Waals surface area contributed by atoms with Crippen molar-refractivity contribution in [3.05, 3.63) is 47.0 Å². The molecule has 2 rings (SSSR count). The molecule has 0 atom stereocenters. The third kappa shape index (κ3) is 3.69. The summed E-state index contributed by atoms with van der Waals surface area (Å²) in [6, 6.07) is 9.69. The van der Waals surface area contributed by atoms with E-state index < -0.39 is 0 Å². The summed E-state index contributed by atoms with van der Waals surface area (Å²) in [7, 11) is 0. The van der Waals surface area contributed by atoms with Gasteiger partial charge in [0.1, 0.15) is 17.2 Å². The van der Waals surface area contributed by atoms with Crippen LogP contribution in [0.2, 0.25) is 0 Å². The largest absolute Gasteiger partial charge is 0.493 e. The van der Waals surface area contributed by atoms with Gasteiger partial charge in [0.2, 0.25) is 0 Å². The number of nitrogen functional groups attached to an aromatic ring is 1. The highest BCUT2D eigenvalue weighted by atomic mass is 16.5. The summed E-state index contributed by atoms with van der Waals surface area (Å²) >= 11 is 0. The third-order valence-electron chi connectivity index (χ3n) is 3.47. The Labute approximate surface area is 126 Å². The summed E-state index contributed by atoms with van der Waals surface area (Å²) in [4.78, 5) is 0. The van der Waals surface area contributed by atoms with Crippen molar-refractivity contribution in [1.29, 1.82) is 0 Å². The Hall–Kier alpha value is -2.16. The molecule has 0 radical (unpaired) electrons. The van der Waals surface area contributed by atoms with E-state index in [4.69, 9.17) is 15.2 Å². The van der Waals surface area contributed by atoms with Crippen LogP contribution in [0.1, 0.15) is 30.0 Å². The average Bonchev–Trinajstić information content (AvgIpc) is 2.45. The van der Waals surface area contributed by atoms with Crippen LogP contribution in [0.3, 0.4) is 0 Å². The summed E-state index contributed by atoms with van der Waals surface area (Å²) < 4.78 is 11.7. The Morgan fingerprint density at radius 3 is 2.33 bits per heavy atom. The molecule has 0 fully saturated rings. The number of hydrogen-bond donors (Lipinski definition) is 1. The van der Waals surface area contributed by atoms with Crippen LogP contribution < -0.4 is 15.2 Å². The molecule has 3 heteroatoms. The number of rotatable bonds is 5. The molecule has 3 nitrogen and oxygen atoms in total. The molecule has 2 aromatic rings. The highest BCUT2D eigenvalue weighted by Crippen LogP contribution is 2.33. The molecule has 21 heavy (non-hydrogen) atoms. The number of aryl methyl sites for hydroxylation is 2. The van der Waals surface area contributed by atoms with Gasteiger partial charge in [-0.3, -0.25) is 0 Å². The first-order valence-electron chi connectivity index (χ1n) is 7.29. The van der Waals surface area contributed by atoms with E-state index in [1.54, 1.807) is 0 Å². The average molecular weight is 285 g/mol. The SMILES string of the molecule is CCCOc1cc(N)cc(Oc2c(C)ccc(C)c2C)c1. The highest BCUT2D eigenvalue weighted by Gasteiger charge is 2.09. The van der Waals surface area contributed by atoms with Gasteiger partial charge in [-0.1, -0.05) is 19.1 Å². The van der Waals surface area contributed by atoms with Crippen LogP contribution in [0.4, 0.5) is 5.69 Å². The Balaban J connectivity index is 2.31. The quantitative estimate of drug-likeness (QED) is 0.804. The number of hydrogen-bond acceptors (Lipinski definition) is 3. The molecule has 0 saturated carbocycles. The Bertz CT molecular complexity index is 635. The molecule has 0 unspecified atom stereocenters. The molecule has 0 bridgehead atoms. The van der Waals surface area contributed by atoms with Gasteiger partial charge >= 0.3 is 0 Å². The van der Waals surface area contributed by atoms with Crippen molar-refractivity contribution in [2.24, 2.45) is 0 Å². The van der Waals surface area contributed by atoms with Crippen LogP contribution in [-0.2, 0) is 0 Å². The predicted octanol–water partition coefficient (Wildman–Crippen LogP) is 4.78. The first-order chi connectivity index (χ1) is 10.0. The Kier molecular flexibility index (Phi) is 4.73. The van der Waals surface area contributed by atoms with Gasteiger partial charge in [-0.2, -0.15) is 0 Å². The van der Waals surface area contributed by atoms with Gasteiger partial charge in [-0.25, -0.2) is 0 Å². The van der Waals surface area contributed by atoms with E-state index in [0.717, 1.165) is 29.0 Å². The molecule has 0 spiro atoms. The second-order valence-electron chi connectivity index (χ2n) is 5.34. The van der Waals surface area contributed by atoms with Gasteiger partial charge < -0.3 is 15.2 Å². The molecule has 112 valence electrons. The minimum atomic E-state index is 0.640. The fourth-order valence-electron chi connectivity index (χ4n) is 2.16. The van der Waals surface area contributed by atoms with Crippen LogP contribution in [0.25, 0.3) is 0 Å². The first kappa shape index (κ1) is 15.2. The van der Waals surface area contributed by atoms with Gasteiger partial charge in [0, 0.05) is 23.9 Å². The zero-order valence-corrected chi connectivity index (χ0v) is 13.2. The lowest BCUT2D eigenvalue weighted by Gasteiger charge is -2.15. The molecule has 0 aliphatic rings. The van der Waals surface area contributed by atoms with Gasteiger partial charge in [0.05, 0.1) is 6.61 Å². The maximum atomic E-state index is 6.06. The van der Waals surface area contributed by atoms with Crippen molar-refractivity contribution in [3.8, 4) is 17.2 Å². The van der Waals surface area contributed by atoms with Crippen LogP contribution in [0.5, 0.6) is 17.2 Å². The van der Waals surface area contributed by atoms with Gasteiger partial charge in [0.15, 0.2) is 0 Å². The van der Waals surface area contributed by atoms with E-state index in [9.17, 15) is 0 Å². The standard InChI is InChI=1S/C18H23NO2/c1-5-8-20-16-9-15(19)10-17(11-16)21-18-13(3)7-6-12(2)14(18)4/h6-7,9-11H,5,8,19H2,1-4H3. The number of benzene rings is 2. The van der Waals surface area contributed by atoms with Crippen molar-refractivity contribution in [3.63, 3.8) is 0 Å². The summed E-state index contributed by atoms with van der Waals surface area (Å²) in [6.07, 6.45) is 0.959. The molecular formula is C18H23NO2. The molecule has 0 saturated heterocycles. The smallest absolute Gasteiger partial charge is 0.133 e. The zero-order valence-electron chi connectivity index (χ0n) is 13.2. The molecular weight excluding hydrogens is 262 g/mol. The van der Waals surface area contributed by atoms with Crippen molar-refractivity contribution >= 4 is 5.69 Å². The molecule has 2 N–H and O–H groups in total. The van der Waals surface area contributed by atoms with E-state index >= 15 is 0 Å². The molecule has 0 amide bonds. The van der Waals surface area contributed by atoms with Gasteiger partial charge in [-0.05, 0) is 43.9 Å². The van der Waals surface area contributed by atoms with Crippen LogP contribution in [-0.4, -0.2) is 6.61 Å². The van der Waals surface area contributed by atoms with E-state index in [1.807, 2.05) is 25.1 Å². The summed E-state index contributed by atoms with van der Waals surface area (Å²) in [5.74, 6) is 2.34. The predicted molar refractivity (Wildman–Crippen MR) is 87.4 cm³/mol. The lowest BCUT2D eigenvalue weighted by Crippen LogP contribution is -1.98. The lowest BCUT2D eigenvalue weighted by molar-refractivity contribution is 0.316. The third-order valence-corrected chi connectivity index (χ3v) is 3.47. The maximum Gasteiger partial charge on any atom is 0.133 e. The van der Waals surface area contributed by atoms with E-state index in [2.05, 4.69) is 32.9 Å². The van der Waals surface area contributed by atoms with Crippen molar-refractivity contribution in [1.82, 2.24) is 0 Å². The van der Waals surface area contributed by atoms with E-state index in [0.29, 0.717) is 18.0 Å². The van der Waals surface area contributed by atoms with E-state index in [-0.39, 0.29) is 0 Å². The summed E-state index contributed by atoms with van der Waals surface area (Å²) in [5.41, 5.74) is 10.0. The summed E-state index contributed by atoms with van der Waals surface area (Å²) in [5, 5.41) is 0. The second kappa shape index (κ2) is 6.53. The first-order valence-corrected chi connectivity index (χ1v) is 7.29. The lowest BCUT2D eigenvalue weighted by atomic mass is 10.1. The van der Waals surface area contributed by atoms with Gasteiger partial charge in [0.25, 0.3) is 0 Å². The molecule has 0 heterocycles. The number of anilines is 1. The maximum absolute atomic E-state index is 6.06. The number of ether oxygens (including phenoxy) is 2. The molecule has 2 aromatic carbocycles. The number of nitrogens with two attached hydrogens (primary N) is 1. The van der Waals surface area contributed by atoms with Crippen molar-refractivity contribution in [2.45, 2.75) is 34.1 Å². The minimum Gasteiger partial charge on any atom is -0.493 e. The molecule has 0 aliphatic carbocycles. The Morgan fingerprint density at radius 1 is 0.952 bits per heavy atom. The normalized spacial score (nSPS) is 10.5. The minimum absolute atomic E-state index is 0.640. The molecule has 0 aliphatic heterocycles. The van der Waals surface area contributed by atoms with Crippen LogP contribution in [0, 0.1) is 20.8 Å². The highest BCUT2D eigenvalue weighted by molar-refractivity contribution is 5.53. The summed E-state index contributed by atoms with van der Waals surface area (Å²) in [6.45, 7) is 8.94. The van der Waals surface area contributed by atoms with Gasteiger partial charge in [-0.15, -0.1) is 0 Å². The topological polar surface area (TPSA) is 44.5 Å².